The van der Waals surface area contributed by atoms with Crippen molar-refractivity contribution in [1.82, 2.24) is 14.7 Å². The van der Waals surface area contributed by atoms with E-state index in [1.165, 1.54) is 61.4 Å². The lowest BCUT2D eigenvalue weighted by molar-refractivity contribution is -0.135. The average molecular weight is 487 g/mol. The molecule has 3 heterocycles. The highest BCUT2D eigenvalue weighted by molar-refractivity contribution is 5.85. The van der Waals surface area contributed by atoms with Crippen LogP contribution in [-0.4, -0.2) is 73.0 Å². The van der Waals surface area contributed by atoms with Gasteiger partial charge in [-0.1, -0.05) is 31.6 Å². The van der Waals surface area contributed by atoms with E-state index in [1.54, 1.807) is 0 Å². The Morgan fingerprint density at radius 1 is 0.941 bits per heavy atom. The number of rotatable bonds is 4. The number of piperazine rings is 1. The van der Waals surface area contributed by atoms with Crippen molar-refractivity contribution in [2.45, 2.75) is 65.1 Å². The van der Waals surface area contributed by atoms with Gasteiger partial charge in [-0.05, 0) is 68.3 Å². The molecule has 0 radical (unpaired) electrons. The Bertz CT molecular complexity index is 884. The van der Waals surface area contributed by atoms with E-state index >= 15 is 0 Å². The molecule has 4 aliphatic rings. The smallest absolute Gasteiger partial charge is 0.230 e. The first-order valence-corrected chi connectivity index (χ1v) is 13.3. The normalized spacial score (nSPS) is 24.7. The van der Waals surface area contributed by atoms with Gasteiger partial charge in [-0.2, -0.15) is 0 Å². The van der Waals surface area contributed by atoms with E-state index in [0.29, 0.717) is 11.8 Å². The van der Waals surface area contributed by atoms with Gasteiger partial charge in [0.2, 0.25) is 5.91 Å². The minimum absolute atomic E-state index is 0. The van der Waals surface area contributed by atoms with Gasteiger partial charge in [-0.15, -0.1) is 12.4 Å². The fourth-order valence-electron chi connectivity index (χ4n) is 6.27. The molecule has 2 fully saturated rings. The first-order valence-electron chi connectivity index (χ1n) is 13.3. The molecule has 5 rings (SSSR count). The standard InChI is InChI=1S/C28H42N4O.ClH/c1-21(2)22-5-4-6-23(17-22)28(33)32-19-24-7-8-27(18-25(24)20-32)30-11-9-26(10-12-30)31-15-13-29(3)14-16-31;/h7-8,17-18,21,23,26H,4-6,9-16,19-20H2,1-3H3;1H. The number of benzene rings is 1. The number of carbonyl (C=O) groups is 1. The van der Waals surface area contributed by atoms with Crippen LogP contribution in [0.1, 0.15) is 57.1 Å². The van der Waals surface area contributed by atoms with Gasteiger partial charge < -0.3 is 14.7 Å². The Balaban J connectivity index is 0.00000274. The van der Waals surface area contributed by atoms with Crippen LogP contribution in [0.5, 0.6) is 0 Å². The molecule has 1 atom stereocenters. The van der Waals surface area contributed by atoms with Crippen molar-refractivity contribution < 1.29 is 4.79 Å². The first kappa shape index (κ1) is 25.5. The van der Waals surface area contributed by atoms with Crippen LogP contribution in [0.2, 0.25) is 0 Å². The molecule has 6 heteroatoms. The Morgan fingerprint density at radius 3 is 2.35 bits per heavy atom. The number of hydrogen-bond acceptors (Lipinski definition) is 4. The van der Waals surface area contributed by atoms with Crippen LogP contribution in [0.3, 0.4) is 0 Å². The Labute approximate surface area is 212 Å². The Hall–Kier alpha value is -1.56. The van der Waals surface area contributed by atoms with Gasteiger partial charge in [0.1, 0.15) is 0 Å². The van der Waals surface area contributed by atoms with Crippen LogP contribution in [0, 0.1) is 11.8 Å². The molecule has 0 N–H and O–H groups in total. The van der Waals surface area contributed by atoms with Crippen molar-refractivity contribution in [3.05, 3.63) is 41.0 Å². The Morgan fingerprint density at radius 2 is 1.65 bits per heavy atom. The van der Waals surface area contributed by atoms with E-state index in [4.69, 9.17) is 0 Å². The molecule has 1 unspecified atom stereocenters. The van der Waals surface area contributed by atoms with E-state index in [9.17, 15) is 4.79 Å². The molecule has 1 aliphatic carbocycles. The molecular formula is C28H43ClN4O. The van der Waals surface area contributed by atoms with Gasteiger partial charge in [-0.25, -0.2) is 0 Å². The molecule has 188 valence electrons. The number of amides is 1. The fourth-order valence-corrected chi connectivity index (χ4v) is 6.27. The summed E-state index contributed by atoms with van der Waals surface area (Å²) in [6.07, 6.45) is 8.13. The SMILES string of the molecule is CC(C)C1=CC(C(=O)N2Cc3ccc(N4CCC(N5CCN(C)CC5)CC4)cc3C2)CCC1.Cl. The number of nitrogens with zero attached hydrogens (tertiary/aromatic N) is 4. The van der Waals surface area contributed by atoms with Crippen LogP contribution in [0.15, 0.2) is 29.8 Å². The van der Waals surface area contributed by atoms with Crippen molar-refractivity contribution in [2.24, 2.45) is 11.8 Å². The van der Waals surface area contributed by atoms with E-state index in [1.807, 2.05) is 0 Å². The molecule has 1 aromatic rings. The maximum atomic E-state index is 13.3. The lowest BCUT2D eigenvalue weighted by Gasteiger charge is -2.42. The summed E-state index contributed by atoms with van der Waals surface area (Å²) in [5, 5.41) is 0. The number of likely N-dealkylation sites (N-methyl/N-ethyl adjacent to an activating group) is 1. The third-order valence-electron chi connectivity index (χ3n) is 8.56. The van der Waals surface area contributed by atoms with Crippen LogP contribution in [0.25, 0.3) is 0 Å². The molecule has 0 aromatic heterocycles. The summed E-state index contributed by atoms with van der Waals surface area (Å²) < 4.78 is 0. The highest BCUT2D eigenvalue weighted by Crippen LogP contribution is 2.33. The lowest BCUT2D eigenvalue weighted by atomic mass is 9.85. The topological polar surface area (TPSA) is 30.0 Å². The summed E-state index contributed by atoms with van der Waals surface area (Å²) in [4.78, 5) is 23.1. The first-order chi connectivity index (χ1) is 16.0. The van der Waals surface area contributed by atoms with Crippen molar-refractivity contribution in [1.29, 1.82) is 0 Å². The van der Waals surface area contributed by atoms with Crippen LogP contribution in [-0.2, 0) is 17.9 Å². The predicted octanol–water partition coefficient (Wildman–Crippen LogP) is 4.55. The molecule has 1 aromatic carbocycles. The quantitative estimate of drug-likeness (QED) is 0.584. The number of allylic oxidation sites excluding steroid dienone is 1. The minimum atomic E-state index is 0. The molecule has 2 saturated heterocycles. The second-order valence-electron chi connectivity index (χ2n) is 11.1. The number of piperidine rings is 1. The zero-order valence-corrected chi connectivity index (χ0v) is 22.2. The van der Waals surface area contributed by atoms with Crippen molar-refractivity contribution >= 4 is 24.0 Å². The summed E-state index contributed by atoms with van der Waals surface area (Å²) in [5.74, 6) is 0.969. The Kier molecular flexibility index (Phi) is 8.27. The van der Waals surface area contributed by atoms with Gasteiger partial charge in [0.25, 0.3) is 0 Å². The summed E-state index contributed by atoms with van der Waals surface area (Å²) >= 11 is 0. The number of hydrogen-bond donors (Lipinski definition) is 0. The highest BCUT2D eigenvalue weighted by Gasteiger charge is 2.31. The van der Waals surface area contributed by atoms with Crippen LogP contribution < -0.4 is 4.90 Å². The molecule has 1 amide bonds. The predicted molar refractivity (Wildman–Crippen MR) is 143 cm³/mol. The van der Waals surface area contributed by atoms with Crippen molar-refractivity contribution in [3.8, 4) is 0 Å². The molecule has 0 spiro atoms. The van der Waals surface area contributed by atoms with E-state index in [0.717, 1.165) is 51.5 Å². The molecule has 34 heavy (non-hydrogen) atoms. The van der Waals surface area contributed by atoms with Gasteiger partial charge in [0, 0.05) is 64.1 Å². The lowest BCUT2D eigenvalue weighted by Crippen LogP contribution is -2.52. The summed E-state index contributed by atoms with van der Waals surface area (Å²) in [7, 11) is 2.23. The number of halogens is 1. The maximum absolute atomic E-state index is 13.3. The summed E-state index contributed by atoms with van der Waals surface area (Å²) in [6.45, 7) is 13.2. The van der Waals surface area contributed by atoms with E-state index in [-0.39, 0.29) is 18.3 Å². The van der Waals surface area contributed by atoms with Gasteiger partial charge in [0.05, 0.1) is 5.92 Å². The molecule has 3 aliphatic heterocycles. The third-order valence-corrected chi connectivity index (χ3v) is 8.56. The van der Waals surface area contributed by atoms with Crippen LogP contribution >= 0.6 is 12.4 Å². The summed E-state index contributed by atoms with van der Waals surface area (Å²) in [5.41, 5.74) is 5.51. The number of carbonyl (C=O) groups excluding carboxylic acids is 1. The van der Waals surface area contributed by atoms with Crippen molar-refractivity contribution in [3.63, 3.8) is 0 Å². The average Bonchev–Trinajstić information content (AvgIpc) is 3.28. The fraction of sp³-hybridized carbons (Fsp3) is 0.679. The molecule has 0 saturated carbocycles. The monoisotopic (exact) mass is 486 g/mol. The molecule has 0 bridgehead atoms. The maximum Gasteiger partial charge on any atom is 0.230 e. The largest absolute Gasteiger partial charge is 0.371 e. The highest BCUT2D eigenvalue weighted by atomic mass is 35.5. The zero-order chi connectivity index (χ0) is 22.9. The van der Waals surface area contributed by atoms with Crippen LogP contribution in [0.4, 0.5) is 5.69 Å². The number of anilines is 1. The van der Waals surface area contributed by atoms with Gasteiger partial charge in [-0.3, -0.25) is 9.69 Å². The van der Waals surface area contributed by atoms with E-state index < -0.39 is 0 Å². The summed E-state index contributed by atoms with van der Waals surface area (Å²) in [6, 6.07) is 7.69. The molecule has 5 nitrogen and oxygen atoms in total. The van der Waals surface area contributed by atoms with Gasteiger partial charge >= 0.3 is 0 Å². The third kappa shape index (κ3) is 5.47. The van der Waals surface area contributed by atoms with Gasteiger partial charge in [0.15, 0.2) is 0 Å². The zero-order valence-electron chi connectivity index (χ0n) is 21.3. The van der Waals surface area contributed by atoms with E-state index in [2.05, 4.69) is 64.8 Å². The second-order valence-corrected chi connectivity index (χ2v) is 11.1. The molecular weight excluding hydrogens is 444 g/mol. The second kappa shape index (κ2) is 11.0. The minimum Gasteiger partial charge on any atom is -0.371 e. The van der Waals surface area contributed by atoms with Crippen molar-refractivity contribution in [2.75, 3.05) is 51.2 Å². The number of fused-ring (bicyclic) bond motifs is 1.